The molecule has 98 valence electrons. The van der Waals surface area contributed by atoms with Crippen LogP contribution >= 0.6 is 0 Å². The first kappa shape index (κ1) is 12.7. The molecule has 1 saturated heterocycles. The van der Waals surface area contributed by atoms with Crippen LogP contribution in [-0.2, 0) is 4.74 Å². The summed E-state index contributed by atoms with van der Waals surface area (Å²) in [6.07, 6.45) is 2.20. The fourth-order valence-corrected chi connectivity index (χ4v) is 2.03. The molecule has 18 heavy (non-hydrogen) atoms. The summed E-state index contributed by atoms with van der Waals surface area (Å²) in [6, 6.07) is 6.83. The van der Waals surface area contributed by atoms with Crippen LogP contribution in [0.4, 0.5) is 16.2 Å². The van der Waals surface area contributed by atoms with E-state index in [2.05, 4.69) is 10.6 Å². The average Bonchev–Trinajstić information content (AvgIpc) is 2.85. The third-order valence-corrected chi connectivity index (χ3v) is 3.05. The van der Waals surface area contributed by atoms with E-state index < -0.39 is 0 Å². The van der Waals surface area contributed by atoms with Gasteiger partial charge in [-0.05, 0) is 44.0 Å². The Bertz CT molecular complexity index is 399. The van der Waals surface area contributed by atoms with E-state index in [0.29, 0.717) is 5.69 Å². The van der Waals surface area contributed by atoms with Gasteiger partial charge in [-0.3, -0.25) is 0 Å². The molecule has 2 rings (SSSR count). The molecular weight excluding hydrogens is 230 g/mol. The van der Waals surface area contributed by atoms with Crippen molar-refractivity contribution in [3.05, 3.63) is 24.3 Å². The summed E-state index contributed by atoms with van der Waals surface area (Å²) in [5, 5.41) is 5.64. The zero-order valence-corrected chi connectivity index (χ0v) is 10.5. The molecule has 5 heteroatoms. The number of amides is 2. The normalized spacial score (nSPS) is 20.4. The standard InChI is InChI=1S/C13H19N3O2/c1-9(12-3-2-8-18-12)15-13(17)16-11-6-4-10(14)5-7-11/h4-7,9,12H,2-3,8,14H2,1H3,(H2,15,16,17). The van der Waals surface area contributed by atoms with Gasteiger partial charge in [-0.1, -0.05) is 0 Å². The number of carbonyl (C=O) groups is 1. The van der Waals surface area contributed by atoms with Gasteiger partial charge in [-0.2, -0.15) is 0 Å². The molecule has 1 aliphatic rings. The van der Waals surface area contributed by atoms with Crippen molar-refractivity contribution in [2.75, 3.05) is 17.7 Å². The Morgan fingerprint density at radius 3 is 2.78 bits per heavy atom. The van der Waals surface area contributed by atoms with E-state index in [9.17, 15) is 4.79 Å². The molecular formula is C13H19N3O2. The van der Waals surface area contributed by atoms with Gasteiger partial charge >= 0.3 is 6.03 Å². The second-order valence-corrected chi connectivity index (χ2v) is 4.56. The largest absolute Gasteiger partial charge is 0.399 e. The number of hydrogen-bond acceptors (Lipinski definition) is 3. The van der Waals surface area contributed by atoms with E-state index in [1.807, 2.05) is 6.92 Å². The van der Waals surface area contributed by atoms with E-state index in [4.69, 9.17) is 10.5 Å². The topological polar surface area (TPSA) is 76.4 Å². The van der Waals surface area contributed by atoms with Gasteiger partial charge in [-0.25, -0.2) is 4.79 Å². The summed E-state index contributed by atoms with van der Waals surface area (Å²) < 4.78 is 5.52. The molecule has 2 amide bonds. The minimum Gasteiger partial charge on any atom is -0.399 e. The van der Waals surface area contributed by atoms with Gasteiger partial charge in [0.2, 0.25) is 0 Å². The number of rotatable bonds is 3. The fourth-order valence-electron chi connectivity index (χ4n) is 2.03. The number of carbonyl (C=O) groups excluding carboxylic acids is 1. The zero-order chi connectivity index (χ0) is 13.0. The lowest BCUT2D eigenvalue weighted by molar-refractivity contribution is 0.0868. The van der Waals surface area contributed by atoms with E-state index in [0.717, 1.165) is 25.1 Å². The van der Waals surface area contributed by atoms with Crippen molar-refractivity contribution in [3.63, 3.8) is 0 Å². The van der Waals surface area contributed by atoms with Crippen LogP contribution in [-0.4, -0.2) is 24.8 Å². The maximum absolute atomic E-state index is 11.8. The number of ether oxygens (including phenoxy) is 1. The van der Waals surface area contributed by atoms with Crippen molar-refractivity contribution in [1.82, 2.24) is 5.32 Å². The lowest BCUT2D eigenvalue weighted by Gasteiger charge is -2.20. The maximum atomic E-state index is 11.8. The second-order valence-electron chi connectivity index (χ2n) is 4.56. The molecule has 4 N–H and O–H groups in total. The predicted octanol–water partition coefficient (Wildman–Crippen LogP) is 1.96. The summed E-state index contributed by atoms with van der Waals surface area (Å²) >= 11 is 0. The second kappa shape index (κ2) is 5.73. The predicted molar refractivity (Wildman–Crippen MR) is 71.4 cm³/mol. The van der Waals surface area contributed by atoms with Crippen LogP contribution in [0, 0.1) is 0 Å². The molecule has 1 heterocycles. The van der Waals surface area contributed by atoms with Gasteiger partial charge in [0, 0.05) is 18.0 Å². The van der Waals surface area contributed by atoms with Crippen molar-refractivity contribution in [2.45, 2.75) is 31.9 Å². The zero-order valence-electron chi connectivity index (χ0n) is 10.5. The first-order chi connectivity index (χ1) is 8.65. The summed E-state index contributed by atoms with van der Waals surface area (Å²) in [5.74, 6) is 0. The third-order valence-electron chi connectivity index (χ3n) is 3.05. The molecule has 1 fully saturated rings. The highest BCUT2D eigenvalue weighted by Gasteiger charge is 2.23. The summed E-state index contributed by atoms with van der Waals surface area (Å²) in [6.45, 7) is 2.74. The van der Waals surface area contributed by atoms with Crippen LogP contribution in [0.3, 0.4) is 0 Å². The molecule has 1 aliphatic heterocycles. The number of benzene rings is 1. The highest BCUT2D eigenvalue weighted by Crippen LogP contribution is 2.15. The number of hydrogen-bond donors (Lipinski definition) is 3. The van der Waals surface area contributed by atoms with Crippen LogP contribution in [0.15, 0.2) is 24.3 Å². The van der Waals surface area contributed by atoms with E-state index >= 15 is 0 Å². The minimum atomic E-state index is -0.220. The lowest BCUT2D eigenvalue weighted by Crippen LogP contribution is -2.42. The molecule has 0 bridgehead atoms. The lowest BCUT2D eigenvalue weighted by atomic mass is 10.1. The first-order valence-electron chi connectivity index (χ1n) is 6.20. The Morgan fingerprint density at radius 2 is 2.17 bits per heavy atom. The van der Waals surface area contributed by atoms with Crippen LogP contribution in [0.5, 0.6) is 0 Å². The quantitative estimate of drug-likeness (QED) is 0.717. The van der Waals surface area contributed by atoms with Gasteiger partial charge in [-0.15, -0.1) is 0 Å². The highest BCUT2D eigenvalue weighted by atomic mass is 16.5. The Labute approximate surface area is 107 Å². The van der Waals surface area contributed by atoms with Crippen LogP contribution in [0.2, 0.25) is 0 Å². The smallest absolute Gasteiger partial charge is 0.319 e. The van der Waals surface area contributed by atoms with E-state index in [-0.39, 0.29) is 18.2 Å². The Morgan fingerprint density at radius 1 is 1.44 bits per heavy atom. The summed E-state index contributed by atoms with van der Waals surface area (Å²) in [7, 11) is 0. The SMILES string of the molecule is CC(NC(=O)Nc1ccc(N)cc1)C1CCCO1. The van der Waals surface area contributed by atoms with Crippen molar-refractivity contribution in [1.29, 1.82) is 0 Å². The molecule has 0 spiro atoms. The van der Waals surface area contributed by atoms with Crippen LogP contribution in [0.25, 0.3) is 0 Å². The fraction of sp³-hybridized carbons (Fsp3) is 0.462. The Hall–Kier alpha value is -1.75. The molecule has 0 saturated carbocycles. The molecule has 2 unspecified atom stereocenters. The van der Waals surface area contributed by atoms with Crippen LogP contribution < -0.4 is 16.4 Å². The molecule has 1 aromatic carbocycles. The van der Waals surface area contributed by atoms with Gasteiger partial charge in [0.15, 0.2) is 0 Å². The number of nitrogen functional groups attached to an aromatic ring is 1. The third kappa shape index (κ3) is 3.37. The number of nitrogens with one attached hydrogen (secondary N) is 2. The molecule has 1 aromatic rings. The van der Waals surface area contributed by atoms with Gasteiger partial charge < -0.3 is 21.1 Å². The van der Waals surface area contributed by atoms with Crippen molar-refractivity contribution in [3.8, 4) is 0 Å². The Kier molecular flexibility index (Phi) is 4.04. The minimum absolute atomic E-state index is 0.0151. The number of anilines is 2. The maximum Gasteiger partial charge on any atom is 0.319 e. The summed E-state index contributed by atoms with van der Waals surface area (Å²) in [4.78, 5) is 11.8. The van der Waals surface area contributed by atoms with Crippen LogP contribution in [0.1, 0.15) is 19.8 Å². The monoisotopic (exact) mass is 249 g/mol. The summed E-state index contributed by atoms with van der Waals surface area (Å²) in [5.41, 5.74) is 6.97. The van der Waals surface area contributed by atoms with E-state index in [1.54, 1.807) is 24.3 Å². The number of nitrogens with two attached hydrogens (primary N) is 1. The molecule has 5 nitrogen and oxygen atoms in total. The van der Waals surface area contributed by atoms with E-state index in [1.165, 1.54) is 0 Å². The van der Waals surface area contributed by atoms with Crippen molar-refractivity contribution >= 4 is 17.4 Å². The average molecular weight is 249 g/mol. The Balaban J connectivity index is 1.82. The number of urea groups is 1. The molecule has 0 radical (unpaired) electrons. The first-order valence-corrected chi connectivity index (χ1v) is 6.20. The highest BCUT2D eigenvalue weighted by molar-refractivity contribution is 5.89. The van der Waals surface area contributed by atoms with Crippen molar-refractivity contribution < 1.29 is 9.53 Å². The van der Waals surface area contributed by atoms with Crippen molar-refractivity contribution in [2.24, 2.45) is 0 Å². The molecule has 0 aromatic heterocycles. The molecule has 2 atom stereocenters. The molecule has 0 aliphatic carbocycles. The van der Waals surface area contributed by atoms with Gasteiger partial charge in [0.25, 0.3) is 0 Å². The van der Waals surface area contributed by atoms with Gasteiger partial charge in [0.1, 0.15) is 0 Å². The van der Waals surface area contributed by atoms with Gasteiger partial charge in [0.05, 0.1) is 12.1 Å².